The Balaban J connectivity index is 1.79. The van der Waals surface area contributed by atoms with E-state index in [2.05, 4.69) is 27.2 Å². The van der Waals surface area contributed by atoms with Crippen LogP contribution in [-0.4, -0.2) is 30.5 Å². The Labute approximate surface area is 176 Å². The minimum Gasteiger partial charge on any atom is -0.349 e. The summed E-state index contributed by atoms with van der Waals surface area (Å²) in [4.78, 5) is 26.1. The zero-order valence-electron chi connectivity index (χ0n) is 16.6. The second-order valence-corrected chi connectivity index (χ2v) is 8.04. The Hall–Kier alpha value is -3.59. The van der Waals surface area contributed by atoms with E-state index in [9.17, 15) is 9.59 Å². The standard InChI is InChI=1S/C21H20N6O2S/c1-4-10-26-11-15(18(28)22-21-24-23-19(30-21)13(2)3)17-16(12-26)20(29)27(25-17)14-8-6-5-7-9-14/h4-9,11-13H,1,10H2,2-3H3,(H,22,24,28). The number of nitrogens with one attached hydrogen (secondary N) is 1. The number of hydrogen-bond donors (Lipinski definition) is 1. The zero-order valence-corrected chi connectivity index (χ0v) is 17.4. The van der Waals surface area contributed by atoms with E-state index in [1.807, 2.05) is 32.0 Å². The molecule has 2 aromatic rings. The van der Waals surface area contributed by atoms with Gasteiger partial charge in [-0.15, -0.1) is 16.8 Å². The van der Waals surface area contributed by atoms with Crippen molar-refractivity contribution >= 4 is 22.4 Å². The summed E-state index contributed by atoms with van der Waals surface area (Å²) in [6, 6.07) is 9.10. The highest BCUT2D eigenvalue weighted by atomic mass is 32.1. The van der Waals surface area contributed by atoms with Gasteiger partial charge in [-0.1, -0.05) is 49.5 Å². The van der Waals surface area contributed by atoms with Crippen LogP contribution in [0.25, 0.3) is 16.9 Å². The van der Waals surface area contributed by atoms with E-state index in [1.165, 1.54) is 16.0 Å². The third-order valence-electron chi connectivity index (χ3n) is 4.46. The van der Waals surface area contributed by atoms with Crippen LogP contribution in [0.2, 0.25) is 0 Å². The van der Waals surface area contributed by atoms with Gasteiger partial charge in [0.25, 0.3) is 11.5 Å². The molecule has 2 aliphatic rings. The number of carbonyl (C=O) groups is 1. The molecule has 9 heteroatoms. The molecule has 0 aliphatic carbocycles. The SMILES string of the molecule is C=CCn1cc(C(=O)Nc2nnc(C(C)C)s2)c2nn(-c3ccccc3)c(=O)c-2c1. The molecule has 4 rings (SSSR count). The quantitative estimate of drug-likeness (QED) is 0.481. The van der Waals surface area contributed by atoms with Crippen molar-refractivity contribution in [2.75, 3.05) is 5.32 Å². The summed E-state index contributed by atoms with van der Waals surface area (Å²) >= 11 is 1.32. The summed E-state index contributed by atoms with van der Waals surface area (Å²) in [6.07, 6.45) is 5.04. The summed E-state index contributed by atoms with van der Waals surface area (Å²) in [5.41, 5.74) is 1.30. The number of anilines is 1. The predicted molar refractivity (Wildman–Crippen MR) is 117 cm³/mol. The molecule has 0 unspecified atom stereocenters. The first kappa shape index (κ1) is 19.7. The molecular weight excluding hydrogens is 400 g/mol. The second kappa shape index (κ2) is 8.03. The molecule has 30 heavy (non-hydrogen) atoms. The highest BCUT2D eigenvalue weighted by Gasteiger charge is 2.25. The lowest BCUT2D eigenvalue weighted by atomic mass is 10.1. The fraction of sp³-hybridized carbons (Fsp3) is 0.190. The topological polar surface area (TPSA) is 94.7 Å². The van der Waals surface area contributed by atoms with Gasteiger partial charge < -0.3 is 4.57 Å². The van der Waals surface area contributed by atoms with Crippen molar-refractivity contribution in [3.8, 4) is 16.9 Å². The average molecular weight is 420 g/mol. The van der Waals surface area contributed by atoms with Crippen LogP contribution in [0, 0.1) is 0 Å². The second-order valence-electron chi connectivity index (χ2n) is 7.03. The number of aromatic nitrogens is 5. The third-order valence-corrected chi connectivity index (χ3v) is 5.60. The van der Waals surface area contributed by atoms with Crippen molar-refractivity contribution in [3.63, 3.8) is 0 Å². The summed E-state index contributed by atoms with van der Waals surface area (Å²) in [5, 5.41) is 16.6. The molecule has 0 spiro atoms. The van der Waals surface area contributed by atoms with Gasteiger partial charge in [-0.25, -0.2) is 0 Å². The molecule has 1 aromatic carbocycles. The Morgan fingerprint density at radius 2 is 2.00 bits per heavy atom. The monoisotopic (exact) mass is 420 g/mol. The number of para-hydroxylation sites is 1. The van der Waals surface area contributed by atoms with Crippen molar-refractivity contribution in [1.82, 2.24) is 24.5 Å². The van der Waals surface area contributed by atoms with Crippen LogP contribution in [-0.2, 0) is 6.54 Å². The highest BCUT2D eigenvalue weighted by Crippen LogP contribution is 2.26. The van der Waals surface area contributed by atoms with Crippen LogP contribution in [0.15, 0.2) is 60.2 Å². The van der Waals surface area contributed by atoms with Crippen molar-refractivity contribution in [1.29, 1.82) is 0 Å². The molecule has 2 aliphatic heterocycles. The van der Waals surface area contributed by atoms with Gasteiger partial charge in [0.2, 0.25) is 5.13 Å². The van der Waals surface area contributed by atoms with E-state index in [-0.39, 0.29) is 17.0 Å². The fourth-order valence-electron chi connectivity index (χ4n) is 3.01. The van der Waals surface area contributed by atoms with E-state index in [4.69, 9.17) is 0 Å². The normalized spacial score (nSPS) is 11.2. The molecule has 8 nitrogen and oxygen atoms in total. The lowest BCUT2D eigenvalue weighted by Gasteiger charge is -2.10. The molecular formula is C21H20N6O2S. The maximum absolute atomic E-state index is 13.1. The van der Waals surface area contributed by atoms with Crippen LogP contribution < -0.4 is 10.9 Å². The first-order valence-corrected chi connectivity index (χ1v) is 10.2. The average Bonchev–Trinajstić information content (AvgIpc) is 3.34. The Kier molecular flexibility index (Phi) is 5.28. The largest absolute Gasteiger partial charge is 0.349 e. The Morgan fingerprint density at radius 1 is 1.23 bits per heavy atom. The molecule has 1 N–H and O–H groups in total. The van der Waals surface area contributed by atoms with Gasteiger partial charge in [0.1, 0.15) is 10.7 Å². The van der Waals surface area contributed by atoms with Crippen LogP contribution in [0.5, 0.6) is 0 Å². The van der Waals surface area contributed by atoms with E-state index < -0.39 is 5.91 Å². The first-order valence-electron chi connectivity index (χ1n) is 9.42. The highest BCUT2D eigenvalue weighted by molar-refractivity contribution is 7.15. The van der Waals surface area contributed by atoms with Gasteiger partial charge in [-0.3, -0.25) is 14.9 Å². The molecule has 3 heterocycles. The molecule has 0 saturated heterocycles. The van der Waals surface area contributed by atoms with Crippen molar-refractivity contribution < 1.29 is 4.79 Å². The lowest BCUT2D eigenvalue weighted by Crippen LogP contribution is -2.17. The van der Waals surface area contributed by atoms with E-state index in [0.717, 1.165) is 5.01 Å². The van der Waals surface area contributed by atoms with Crippen LogP contribution >= 0.6 is 11.3 Å². The molecule has 0 saturated carbocycles. The number of carbonyl (C=O) groups excluding carboxylic acids is 1. The van der Waals surface area contributed by atoms with Crippen LogP contribution in [0.3, 0.4) is 0 Å². The van der Waals surface area contributed by atoms with E-state index >= 15 is 0 Å². The minimum absolute atomic E-state index is 0.218. The maximum Gasteiger partial charge on any atom is 0.282 e. The molecule has 152 valence electrons. The summed E-state index contributed by atoms with van der Waals surface area (Å²) in [6.45, 7) is 8.20. The Bertz CT molecular complexity index is 1240. The number of benzene rings is 1. The molecule has 0 fully saturated rings. The van der Waals surface area contributed by atoms with Gasteiger partial charge in [0.15, 0.2) is 0 Å². The Morgan fingerprint density at radius 3 is 2.67 bits per heavy atom. The maximum atomic E-state index is 13.1. The third kappa shape index (κ3) is 3.67. The summed E-state index contributed by atoms with van der Waals surface area (Å²) in [5.74, 6) is -0.182. The number of nitrogens with zero attached hydrogens (tertiary/aromatic N) is 5. The van der Waals surface area contributed by atoms with E-state index in [1.54, 1.807) is 35.2 Å². The summed E-state index contributed by atoms with van der Waals surface area (Å²) < 4.78 is 3.05. The van der Waals surface area contributed by atoms with Gasteiger partial charge >= 0.3 is 0 Å². The van der Waals surface area contributed by atoms with Gasteiger partial charge in [0.05, 0.1) is 16.8 Å². The first-order chi connectivity index (χ1) is 14.5. The molecule has 1 aromatic heterocycles. The number of fused-ring (bicyclic) bond motifs is 1. The predicted octanol–water partition coefficient (Wildman–Crippen LogP) is 3.55. The summed E-state index contributed by atoms with van der Waals surface area (Å²) in [7, 11) is 0. The fourth-order valence-corrected chi connectivity index (χ4v) is 3.75. The number of hydrogen-bond acceptors (Lipinski definition) is 6. The number of rotatable bonds is 6. The van der Waals surface area contributed by atoms with E-state index in [0.29, 0.717) is 28.6 Å². The zero-order chi connectivity index (χ0) is 21.3. The van der Waals surface area contributed by atoms with Crippen LogP contribution in [0.4, 0.5) is 5.13 Å². The molecule has 0 bridgehead atoms. The number of amides is 1. The minimum atomic E-state index is -0.400. The molecule has 0 atom stereocenters. The van der Waals surface area contributed by atoms with Crippen molar-refractivity contribution in [2.24, 2.45) is 0 Å². The van der Waals surface area contributed by atoms with Gasteiger partial charge in [0, 0.05) is 24.9 Å². The van der Waals surface area contributed by atoms with Gasteiger partial charge in [-0.2, -0.15) is 9.78 Å². The lowest BCUT2D eigenvalue weighted by molar-refractivity contribution is 0.102. The van der Waals surface area contributed by atoms with Crippen LogP contribution in [0.1, 0.15) is 35.1 Å². The molecule has 1 amide bonds. The van der Waals surface area contributed by atoms with Crippen molar-refractivity contribution in [3.05, 3.63) is 76.3 Å². The van der Waals surface area contributed by atoms with Crippen molar-refractivity contribution in [2.45, 2.75) is 26.3 Å². The molecule has 0 radical (unpaired) electrons. The number of allylic oxidation sites excluding steroid dienone is 1. The smallest absolute Gasteiger partial charge is 0.282 e. The van der Waals surface area contributed by atoms with Gasteiger partial charge in [-0.05, 0) is 12.1 Å². The number of pyridine rings is 1.